The zero-order chi connectivity index (χ0) is 18.3. The average molecular weight is 331 g/mol. The van der Waals surface area contributed by atoms with Crippen LogP contribution in [0, 0.1) is 11.8 Å². The topological polar surface area (TPSA) is 17.1 Å². The molecule has 0 bridgehead atoms. The SMILES string of the molecule is CCCCC(C)C(C)CC1=C(C)CC(CC)=C(CC)C(C(C)=O)=C1. The molecule has 2 unspecified atom stereocenters. The zero-order valence-corrected chi connectivity index (χ0v) is 17.1. The number of allylic oxidation sites excluding steroid dienone is 6. The van der Waals surface area contributed by atoms with Crippen LogP contribution in [0.2, 0.25) is 0 Å². The van der Waals surface area contributed by atoms with Gasteiger partial charge < -0.3 is 0 Å². The largest absolute Gasteiger partial charge is 0.295 e. The van der Waals surface area contributed by atoms with Gasteiger partial charge in [-0.3, -0.25) is 4.79 Å². The van der Waals surface area contributed by atoms with Crippen molar-refractivity contribution in [1.82, 2.24) is 0 Å². The Morgan fingerprint density at radius 1 is 1.12 bits per heavy atom. The van der Waals surface area contributed by atoms with Gasteiger partial charge in [-0.2, -0.15) is 0 Å². The van der Waals surface area contributed by atoms with Crippen LogP contribution in [0.25, 0.3) is 0 Å². The lowest BCUT2D eigenvalue weighted by molar-refractivity contribution is -0.113. The number of hydrogen-bond donors (Lipinski definition) is 0. The first-order chi connectivity index (χ1) is 11.3. The van der Waals surface area contributed by atoms with E-state index in [2.05, 4.69) is 47.6 Å². The second-order valence-electron chi connectivity index (χ2n) is 7.69. The fourth-order valence-electron chi connectivity index (χ4n) is 3.80. The van der Waals surface area contributed by atoms with Gasteiger partial charge in [-0.1, -0.05) is 65.0 Å². The van der Waals surface area contributed by atoms with Crippen LogP contribution in [0.1, 0.15) is 93.4 Å². The third-order valence-corrected chi connectivity index (χ3v) is 5.78. The second kappa shape index (κ2) is 10.0. The van der Waals surface area contributed by atoms with Gasteiger partial charge >= 0.3 is 0 Å². The number of rotatable bonds is 9. The first-order valence-electron chi connectivity index (χ1n) is 9.98. The lowest BCUT2D eigenvalue weighted by atomic mass is 9.84. The van der Waals surface area contributed by atoms with Crippen LogP contribution >= 0.6 is 0 Å². The van der Waals surface area contributed by atoms with Crippen LogP contribution in [0.4, 0.5) is 0 Å². The van der Waals surface area contributed by atoms with Crippen molar-refractivity contribution in [2.24, 2.45) is 11.8 Å². The highest BCUT2D eigenvalue weighted by molar-refractivity contribution is 5.98. The van der Waals surface area contributed by atoms with Crippen LogP contribution < -0.4 is 0 Å². The van der Waals surface area contributed by atoms with Crippen LogP contribution in [0.3, 0.4) is 0 Å². The first kappa shape index (κ1) is 20.9. The van der Waals surface area contributed by atoms with Gasteiger partial charge in [0, 0.05) is 5.57 Å². The minimum Gasteiger partial charge on any atom is -0.295 e. The fraction of sp³-hybridized carbons (Fsp3) is 0.696. The molecule has 0 heterocycles. The summed E-state index contributed by atoms with van der Waals surface area (Å²) in [4.78, 5) is 12.3. The van der Waals surface area contributed by atoms with Crippen molar-refractivity contribution in [2.45, 2.75) is 93.4 Å². The summed E-state index contributed by atoms with van der Waals surface area (Å²) in [7, 11) is 0. The Hall–Kier alpha value is -1.11. The average Bonchev–Trinajstić information content (AvgIpc) is 2.69. The van der Waals surface area contributed by atoms with Crippen molar-refractivity contribution in [1.29, 1.82) is 0 Å². The van der Waals surface area contributed by atoms with E-state index in [-0.39, 0.29) is 5.78 Å². The number of carbonyl (C=O) groups is 1. The lowest BCUT2D eigenvalue weighted by Crippen LogP contribution is -2.10. The second-order valence-corrected chi connectivity index (χ2v) is 7.69. The molecule has 1 nitrogen and oxygen atoms in total. The molecule has 136 valence electrons. The maximum atomic E-state index is 12.3. The Bertz CT molecular complexity index is 530. The Balaban J connectivity index is 3.10. The molecule has 0 spiro atoms. The number of Topliss-reactive ketones (excluding diaryl/α,β-unsaturated/α-hetero) is 1. The molecule has 24 heavy (non-hydrogen) atoms. The van der Waals surface area contributed by atoms with Gasteiger partial charge in [-0.15, -0.1) is 0 Å². The first-order valence-corrected chi connectivity index (χ1v) is 9.98. The number of carbonyl (C=O) groups excluding carboxylic acids is 1. The molecule has 0 amide bonds. The van der Waals surface area contributed by atoms with Crippen molar-refractivity contribution in [3.05, 3.63) is 33.9 Å². The van der Waals surface area contributed by atoms with Gasteiger partial charge in [0.2, 0.25) is 0 Å². The summed E-state index contributed by atoms with van der Waals surface area (Å²) in [5.74, 6) is 1.63. The van der Waals surface area contributed by atoms with Gasteiger partial charge in [0.05, 0.1) is 0 Å². The van der Waals surface area contributed by atoms with Crippen molar-refractivity contribution in [3.63, 3.8) is 0 Å². The number of ketones is 1. The maximum absolute atomic E-state index is 12.3. The lowest BCUT2D eigenvalue weighted by Gasteiger charge is -2.21. The van der Waals surface area contributed by atoms with Crippen molar-refractivity contribution in [3.8, 4) is 0 Å². The van der Waals surface area contributed by atoms with Crippen LogP contribution in [-0.2, 0) is 4.79 Å². The van der Waals surface area contributed by atoms with Crippen molar-refractivity contribution >= 4 is 5.78 Å². The number of hydrogen-bond acceptors (Lipinski definition) is 1. The Morgan fingerprint density at radius 2 is 1.79 bits per heavy atom. The van der Waals surface area contributed by atoms with Crippen molar-refractivity contribution < 1.29 is 4.79 Å². The molecule has 0 fully saturated rings. The van der Waals surface area contributed by atoms with E-state index in [1.165, 1.54) is 41.6 Å². The molecule has 1 aliphatic rings. The smallest absolute Gasteiger partial charge is 0.160 e. The molecule has 1 aliphatic carbocycles. The van der Waals surface area contributed by atoms with E-state index in [1.807, 2.05) is 0 Å². The number of unbranched alkanes of at least 4 members (excludes halogenated alkanes) is 1. The third kappa shape index (κ3) is 5.46. The van der Waals surface area contributed by atoms with E-state index in [0.717, 1.165) is 37.2 Å². The monoisotopic (exact) mass is 330 g/mol. The molecule has 1 heteroatoms. The summed E-state index contributed by atoms with van der Waals surface area (Å²) in [6, 6.07) is 0. The molecule has 0 saturated heterocycles. The van der Waals surface area contributed by atoms with Gasteiger partial charge in [0.25, 0.3) is 0 Å². The highest BCUT2D eigenvalue weighted by Gasteiger charge is 2.21. The molecule has 0 aromatic rings. The minimum atomic E-state index is 0.219. The van der Waals surface area contributed by atoms with E-state index >= 15 is 0 Å². The van der Waals surface area contributed by atoms with Gasteiger partial charge in [-0.05, 0) is 68.6 Å². The van der Waals surface area contributed by atoms with E-state index in [4.69, 9.17) is 0 Å². The molecule has 0 saturated carbocycles. The normalized spacial score (nSPS) is 18.4. The van der Waals surface area contributed by atoms with E-state index in [0.29, 0.717) is 5.92 Å². The van der Waals surface area contributed by atoms with E-state index in [1.54, 1.807) is 6.92 Å². The summed E-state index contributed by atoms with van der Waals surface area (Å²) in [5.41, 5.74) is 6.59. The molecule has 0 aromatic heterocycles. The molecule has 0 radical (unpaired) electrons. The van der Waals surface area contributed by atoms with E-state index in [9.17, 15) is 4.79 Å². The van der Waals surface area contributed by atoms with Crippen LogP contribution in [0.5, 0.6) is 0 Å². The predicted octanol–water partition coefficient (Wildman–Crippen LogP) is 7.19. The molecule has 0 N–H and O–H groups in total. The summed E-state index contributed by atoms with van der Waals surface area (Å²) in [5, 5.41) is 0. The Kier molecular flexibility index (Phi) is 8.73. The van der Waals surface area contributed by atoms with Crippen molar-refractivity contribution in [2.75, 3.05) is 0 Å². The summed E-state index contributed by atoms with van der Waals surface area (Å²) in [6.45, 7) is 15.4. The fourth-order valence-corrected chi connectivity index (χ4v) is 3.80. The van der Waals surface area contributed by atoms with Crippen LogP contribution in [0.15, 0.2) is 33.9 Å². The third-order valence-electron chi connectivity index (χ3n) is 5.78. The standard InChI is InChI=1S/C23H38O/c1-8-11-12-16(4)17(5)13-21-15-23(19(7)24)22(10-3)20(9-2)14-18(21)6/h15-17H,8-14H2,1-7H3. The molecule has 0 aromatic carbocycles. The minimum absolute atomic E-state index is 0.219. The van der Waals surface area contributed by atoms with E-state index < -0.39 is 0 Å². The highest BCUT2D eigenvalue weighted by Crippen LogP contribution is 2.35. The Labute approximate surface area is 150 Å². The van der Waals surface area contributed by atoms with Crippen LogP contribution in [-0.4, -0.2) is 5.78 Å². The van der Waals surface area contributed by atoms with Gasteiger partial charge in [-0.25, -0.2) is 0 Å². The summed E-state index contributed by atoms with van der Waals surface area (Å²) in [6.07, 6.45) is 10.3. The van der Waals surface area contributed by atoms with Gasteiger partial charge in [0.15, 0.2) is 5.78 Å². The predicted molar refractivity (Wildman–Crippen MR) is 106 cm³/mol. The molecule has 2 atom stereocenters. The summed E-state index contributed by atoms with van der Waals surface area (Å²) < 4.78 is 0. The molecule has 1 rings (SSSR count). The molecular formula is C23H38O. The maximum Gasteiger partial charge on any atom is 0.160 e. The molecule has 0 aliphatic heterocycles. The Morgan fingerprint density at radius 3 is 2.29 bits per heavy atom. The molecular weight excluding hydrogens is 292 g/mol. The highest BCUT2D eigenvalue weighted by atomic mass is 16.1. The zero-order valence-electron chi connectivity index (χ0n) is 17.1. The summed E-state index contributed by atoms with van der Waals surface area (Å²) >= 11 is 0. The quantitative estimate of drug-likeness (QED) is 0.437. The van der Waals surface area contributed by atoms with Gasteiger partial charge in [0.1, 0.15) is 0 Å².